The average Bonchev–Trinajstić information content (AvgIpc) is 2.52. The van der Waals surface area contributed by atoms with Gasteiger partial charge < -0.3 is 10.3 Å². The van der Waals surface area contributed by atoms with Crippen LogP contribution in [0.5, 0.6) is 0 Å². The number of hydrogen-bond donors (Lipinski definition) is 1. The maximum atomic E-state index is 6.23. The predicted octanol–water partition coefficient (Wildman–Crippen LogP) is 2.60. The molecule has 0 bridgehead atoms. The number of imidazole rings is 1. The second-order valence-corrected chi connectivity index (χ2v) is 4.62. The summed E-state index contributed by atoms with van der Waals surface area (Å²) in [4.78, 5) is 4.45. The van der Waals surface area contributed by atoms with E-state index in [2.05, 4.69) is 22.5 Å². The maximum Gasteiger partial charge on any atom is 0.106 e. The molecule has 0 aliphatic rings. The molecule has 4 heteroatoms. The number of hydrogen-bond acceptors (Lipinski definition) is 2. The van der Waals surface area contributed by atoms with Crippen molar-refractivity contribution < 1.29 is 0 Å². The van der Waals surface area contributed by atoms with Gasteiger partial charge in [0.05, 0.1) is 11.0 Å². The first-order valence-electron chi connectivity index (χ1n) is 5.37. The molecule has 0 amide bonds. The van der Waals surface area contributed by atoms with Gasteiger partial charge in [-0.05, 0) is 37.1 Å². The summed E-state index contributed by atoms with van der Waals surface area (Å²) in [6.45, 7) is 4.66. The second-order valence-electron chi connectivity index (χ2n) is 4.22. The van der Waals surface area contributed by atoms with Gasteiger partial charge in [0.1, 0.15) is 5.82 Å². The molecule has 0 aliphatic carbocycles. The molecule has 16 heavy (non-hydrogen) atoms. The highest BCUT2D eigenvalue weighted by Gasteiger charge is 2.12. The summed E-state index contributed by atoms with van der Waals surface area (Å²) in [7, 11) is 2.01. The van der Waals surface area contributed by atoms with Crippen molar-refractivity contribution in [3.05, 3.63) is 28.5 Å². The first-order chi connectivity index (χ1) is 7.54. The third-order valence-corrected chi connectivity index (χ3v) is 3.43. The van der Waals surface area contributed by atoms with Crippen molar-refractivity contribution in [2.75, 3.05) is 6.54 Å². The molecule has 0 saturated heterocycles. The molecule has 1 heterocycles. The zero-order valence-corrected chi connectivity index (χ0v) is 10.5. The van der Waals surface area contributed by atoms with Gasteiger partial charge >= 0.3 is 0 Å². The lowest BCUT2D eigenvalue weighted by atomic mass is 10.0. The SMILES string of the molecule is Cc1nc2cc(Cl)c(C(C)CN)cc2n1C. The summed E-state index contributed by atoms with van der Waals surface area (Å²) in [5, 5.41) is 0.753. The van der Waals surface area contributed by atoms with Crippen molar-refractivity contribution in [3.8, 4) is 0 Å². The van der Waals surface area contributed by atoms with Crippen LogP contribution in [0.15, 0.2) is 12.1 Å². The van der Waals surface area contributed by atoms with E-state index in [1.54, 1.807) is 0 Å². The average molecular weight is 238 g/mol. The van der Waals surface area contributed by atoms with Crippen molar-refractivity contribution in [2.45, 2.75) is 19.8 Å². The molecule has 2 rings (SSSR count). The number of nitrogens with zero attached hydrogens (tertiary/aromatic N) is 2. The standard InChI is InChI=1S/C12H16ClN3/c1-7(6-14)9-4-12-11(5-10(9)13)15-8(2)16(12)3/h4-5,7H,6,14H2,1-3H3. The molecule has 1 aromatic carbocycles. The highest BCUT2D eigenvalue weighted by Crippen LogP contribution is 2.29. The van der Waals surface area contributed by atoms with E-state index >= 15 is 0 Å². The third-order valence-electron chi connectivity index (χ3n) is 3.11. The monoisotopic (exact) mass is 237 g/mol. The molecule has 1 atom stereocenters. The molecule has 0 spiro atoms. The zero-order chi connectivity index (χ0) is 11.9. The molecule has 0 fully saturated rings. The van der Waals surface area contributed by atoms with E-state index in [4.69, 9.17) is 17.3 Å². The van der Waals surface area contributed by atoms with Gasteiger partial charge in [0.25, 0.3) is 0 Å². The van der Waals surface area contributed by atoms with E-state index in [1.807, 2.05) is 20.0 Å². The summed E-state index contributed by atoms with van der Waals surface area (Å²) in [6, 6.07) is 4.01. The van der Waals surface area contributed by atoms with Gasteiger partial charge in [-0.25, -0.2) is 4.98 Å². The van der Waals surface area contributed by atoms with E-state index in [9.17, 15) is 0 Å². The molecular weight excluding hydrogens is 222 g/mol. The van der Waals surface area contributed by atoms with E-state index in [0.29, 0.717) is 6.54 Å². The van der Waals surface area contributed by atoms with Gasteiger partial charge in [0, 0.05) is 12.1 Å². The lowest BCUT2D eigenvalue weighted by Crippen LogP contribution is -2.09. The number of aromatic nitrogens is 2. The van der Waals surface area contributed by atoms with Crippen LogP contribution in [0.3, 0.4) is 0 Å². The Labute approximate surface area is 100 Å². The second kappa shape index (κ2) is 4.07. The zero-order valence-electron chi connectivity index (χ0n) is 9.79. The Morgan fingerprint density at radius 2 is 2.19 bits per heavy atom. The molecule has 0 saturated carbocycles. The largest absolute Gasteiger partial charge is 0.331 e. The smallest absolute Gasteiger partial charge is 0.106 e. The Morgan fingerprint density at radius 3 is 2.81 bits per heavy atom. The molecule has 3 nitrogen and oxygen atoms in total. The lowest BCUT2D eigenvalue weighted by Gasteiger charge is -2.11. The number of nitrogens with two attached hydrogens (primary N) is 1. The molecule has 1 unspecified atom stereocenters. The minimum Gasteiger partial charge on any atom is -0.331 e. The summed E-state index contributed by atoms with van der Waals surface area (Å²) in [6.07, 6.45) is 0. The van der Waals surface area contributed by atoms with E-state index in [1.165, 1.54) is 0 Å². The van der Waals surface area contributed by atoms with Crippen LogP contribution < -0.4 is 5.73 Å². The van der Waals surface area contributed by atoms with Gasteiger partial charge in [-0.1, -0.05) is 18.5 Å². The van der Waals surface area contributed by atoms with Crippen molar-refractivity contribution in [2.24, 2.45) is 12.8 Å². The lowest BCUT2D eigenvalue weighted by molar-refractivity contribution is 0.774. The van der Waals surface area contributed by atoms with Gasteiger partial charge in [-0.3, -0.25) is 0 Å². The Balaban J connectivity index is 2.69. The number of halogens is 1. The van der Waals surface area contributed by atoms with Crippen molar-refractivity contribution in [1.82, 2.24) is 9.55 Å². The van der Waals surface area contributed by atoms with Gasteiger partial charge in [-0.2, -0.15) is 0 Å². The summed E-state index contributed by atoms with van der Waals surface area (Å²) in [5.74, 6) is 1.26. The fourth-order valence-electron chi connectivity index (χ4n) is 1.85. The third kappa shape index (κ3) is 1.70. The van der Waals surface area contributed by atoms with E-state index in [-0.39, 0.29) is 5.92 Å². The topological polar surface area (TPSA) is 43.8 Å². The molecule has 2 N–H and O–H groups in total. The molecular formula is C12H16ClN3. The Kier molecular flexibility index (Phi) is 2.91. The van der Waals surface area contributed by atoms with Crippen LogP contribution in [0.25, 0.3) is 11.0 Å². The van der Waals surface area contributed by atoms with Crippen LogP contribution >= 0.6 is 11.6 Å². The minimum absolute atomic E-state index is 0.270. The molecule has 0 aliphatic heterocycles. The Morgan fingerprint density at radius 1 is 1.50 bits per heavy atom. The quantitative estimate of drug-likeness (QED) is 0.873. The first kappa shape index (κ1) is 11.4. The van der Waals surface area contributed by atoms with Gasteiger partial charge in [-0.15, -0.1) is 0 Å². The van der Waals surface area contributed by atoms with Crippen LogP contribution in [0.2, 0.25) is 5.02 Å². The Bertz CT molecular complexity index is 531. The molecule has 2 aromatic rings. The summed E-state index contributed by atoms with van der Waals surface area (Å²) in [5.41, 5.74) is 8.83. The highest BCUT2D eigenvalue weighted by atomic mass is 35.5. The molecule has 86 valence electrons. The highest BCUT2D eigenvalue weighted by molar-refractivity contribution is 6.32. The Hall–Kier alpha value is -1.06. The van der Waals surface area contributed by atoms with Crippen molar-refractivity contribution in [1.29, 1.82) is 0 Å². The molecule has 1 aromatic heterocycles. The summed E-state index contributed by atoms with van der Waals surface area (Å²) < 4.78 is 2.07. The van der Waals surface area contributed by atoms with E-state index in [0.717, 1.165) is 27.4 Å². The normalized spacial score (nSPS) is 13.3. The van der Waals surface area contributed by atoms with E-state index < -0.39 is 0 Å². The van der Waals surface area contributed by atoms with Gasteiger partial charge in [0.15, 0.2) is 0 Å². The fraction of sp³-hybridized carbons (Fsp3) is 0.417. The number of benzene rings is 1. The summed E-state index contributed by atoms with van der Waals surface area (Å²) >= 11 is 6.23. The number of aryl methyl sites for hydroxylation is 2. The molecule has 0 radical (unpaired) electrons. The predicted molar refractivity (Wildman–Crippen MR) is 67.9 cm³/mol. The minimum atomic E-state index is 0.270. The van der Waals surface area contributed by atoms with Crippen LogP contribution in [0, 0.1) is 6.92 Å². The number of rotatable bonds is 2. The first-order valence-corrected chi connectivity index (χ1v) is 5.75. The number of fused-ring (bicyclic) bond motifs is 1. The van der Waals surface area contributed by atoms with Gasteiger partial charge in [0.2, 0.25) is 0 Å². The van der Waals surface area contributed by atoms with Crippen LogP contribution in [-0.4, -0.2) is 16.1 Å². The van der Waals surface area contributed by atoms with Crippen molar-refractivity contribution >= 4 is 22.6 Å². The van der Waals surface area contributed by atoms with Crippen LogP contribution in [0.1, 0.15) is 24.2 Å². The fourth-order valence-corrected chi connectivity index (χ4v) is 2.20. The van der Waals surface area contributed by atoms with Crippen LogP contribution in [0.4, 0.5) is 0 Å². The van der Waals surface area contributed by atoms with Crippen molar-refractivity contribution in [3.63, 3.8) is 0 Å². The van der Waals surface area contributed by atoms with Crippen LogP contribution in [-0.2, 0) is 7.05 Å². The maximum absolute atomic E-state index is 6.23.